The number of carbonyl (C=O) groups is 1. The van der Waals surface area contributed by atoms with Crippen molar-refractivity contribution >= 4 is 17.5 Å². The van der Waals surface area contributed by atoms with E-state index < -0.39 is 0 Å². The summed E-state index contributed by atoms with van der Waals surface area (Å²) in [4.78, 5) is 12.9. The fraction of sp³-hybridized carbons (Fsp3) is 0.300. The van der Waals surface area contributed by atoms with Gasteiger partial charge in [-0.25, -0.2) is 4.68 Å². The molecule has 5 nitrogen and oxygen atoms in total. The molecule has 3 rings (SSSR count). The van der Waals surface area contributed by atoms with E-state index in [2.05, 4.69) is 24.3 Å². The van der Waals surface area contributed by atoms with Gasteiger partial charge in [0.15, 0.2) is 0 Å². The number of amides is 1. The number of nitrogens with one attached hydrogen (secondary N) is 1. The fourth-order valence-electron chi connectivity index (χ4n) is 2.62. The zero-order chi connectivity index (χ0) is 18.8. The van der Waals surface area contributed by atoms with E-state index in [9.17, 15) is 4.79 Å². The Hall–Kier alpha value is -2.53. The van der Waals surface area contributed by atoms with Gasteiger partial charge in [0.25, 0.3) is 5.91 Å². The molecule has 0 aliphatic carbocycles. The first kappa shape index (κ1) is 18.3. The van der Waals surface area contributed by atoms with Crippen LogP contribution in [0.5, 0.6) is 0 Å². The van der Waals surface area contributed by atoms with Gasteiger partial charge in [-0.15, -0.1) is 0 Å². The lowest BCUT2D eigenvalue weighted by molar-refractivity contribution is 0.0922. The van der Waals surface area contributed by atoms with Gasteiger partial charge >= 0.3 is 0 Å². The molecule has 0 saturated heterocycles. The Bertz CT molecular complexity index is 908. The number of aromatic nitrogens is 3. The zero-order valence-electron chi connectivity index (χ0n) is 15.4. The third-order valence-electron chi connectivity index (χ3n) is 4.58. The van der Waals surface area contributed by atoms with Crippen molar-refractivity contribution in [3.05, 3.63) is 59.4 Å². The smallest absolute Gasteiger partial charge is 0.270 e. The summed E-state index contributed by atoms with van der Waals surface area (Å²) in [6.07, 6.45) is 1.96. The quantitative estimate of drug-likeness (QED) is 0.727. The van der Waals surface area contributed by atoms with Gasteiger partial charge in [-0.1, -0.05) is 25.4 Å². The first-order valence-corrected chi connectivity index (χ1v) is 9.03. The van der Waals surface area contributed by atoms with Crippen LogP contribution in [0.15, 0.2) is 48.7 Å². The summed E-state index contributed by atoms with van der Waals surface area (Å²) in [5.74, 6) is 0.201. The third-order valence-corrected chi connectivity index (χ3v) is 4.83. The molecule has 0 fully saturated rings. The summed E-state index contributed by atoms with van der Waals surface area (Å²) in [6, 6.07) is 13.1. The van der Waals surface area contributed by atoms with Crippen LogP contribution in [0.2, 0.25) is 5.02 Å². The molecule has 0 saturated carbocycles. The fourth-order valence-corrected chi connectivity index (χ4v) is 2.75. The van der Waals surface area contributed by atoms with Crippen molar-refractivity contribution in [2.75, 3.05) is 0 Å². The predicted molar refractivity (Wildman–Crippen MR) is 105 cm³/mol. The molecule has 26 heavy (non-hydrogen) atoms. The van der Waals surface area contributed by atoms with E-state index in [1.807, 2.05) is 55.1 Å². The molecule has 136 valence electrons. The highest BCUT2D eigenvalue weighted by Crippen LogP contribution is 2.23. The standard InChI is InChI=1S/C20H23ClN4O/c1-13(2)14(3)22-20(26)19-12-17(18-6-5-11-24(18)4)23-25(19)16-9-7-15(21)8-10-16/h5-14H,1-4H3,(H,22,26). The number of benzene rings is 1. The Balaban J connectivity index is 2.06. The van der Waals surface area contributed by atoms with E-state index in [1.54, 1.807) is 16.8 Å². The molecule has 2 heterocycles. The summed E-state index contributed by atoms with van der Waals surface area (Å²) < 4.78 is 3.65. The molecule has 3 aromatic rings. The lowest BCUT2D eigenvalue weighted by Gasteiger charge is -2.17. The van der Waals surface area contributed by atoms with Gasteiger partial charge in [0.05, 0.1) is 11.4 Å². The Kier molecular flexibility index (Phi) is 5.18. The molecule has 1 atom stereocenters. The molecule has 0 bridgehead atoms. The number of hydrogen-bond acceptors (Lipinski definition) is 2. The number of nitrogens with zero attached hydrogens (tertiary/aromatic N) is 3. The second-order valence-electron chi connectivity index (χ2n) is 6.81. The number of rotatable bonds is 5. The van der Waals surface area contributed by atoms with Crippen molar-refractivity contribution in [2.24, 2.45) is 13.0 Å². The largest absolute Gasteiger partial charge is 0.349 e. The van der Waals surface area contributed by atoms with Crippen molar-refractivity contribution in [3.63, 3.8) is 0 Å². The van der Waals surface area contributed by atoms with Crippen LogP contribution in [0, 0.1) is 5.92 Å². The van der Waals surface area contributed by atoms with Crippen molar-refractivity contribution < 1.29 is 4.79 Å². The van der Waals surface area contributed by atoms with E-state index in [1.165, 1.54) is 0 Å². The zero-order valence-corrected chi connectivity index (χ0v) is 16.2. The molecule has 1 N–H and O–H groups in total. The average molecular weight is 371 g/mol. The highest BCUT2D eigenvalue weighted by molar-refractivity contribution is 6.30. The highest BCUT2D eigenvalue weighted by atomic mass is 35.5. The van der Waals surface area contributed by atoms with Gasteiger partial charge in [-0.05, 0) is 55.3 Å². The van der Waals surface area contributed by atoms with Crippen LogP contribution >= 0.6 is 11.6 Å². The lowest BCUT2D eigenvalue weighted by atomic mass is 10.1. The third kappa shape index (κ3) is 3.68. The number of aryl methyl sites for hydroxylation is 1. The first-order valence-electron chi connectivity index (χ1n) is 8.65. The number of halogens is 1. The van der Waals surface area contributed by atoms with E-state index in [0.717, 1.165) is 17.1 Å². The molecule has 0 aliphatic rings. The van der Waals surface area contributed by atoms with E-state index in [4.69, 9.17) is 11.6 Å². The van der Waals surface area contributed by atoms with Crippen molar-refractivity contribution in [2.45, 2.75) is 26.8 Å². The summed E-state index contributed by atoms with van der Waals surface area (Å²) >= 11 is 6.00. The maximum Gasteiger partial charge on any atom is 0.270 e. The van der Waals surface area contributed by atoms with Crippen molar-refractivity contribution in [1.82, 2.24) is 19.7 Å². The molecule has 0 spiro atoms. The van der Waals surface area contributed by atoms with Gasteiger partial charge in [0.1, 0.15) is 11.4 Å². The van der Waals surface area contributed by atoms with Gasteiger partial charge in [-0.2, -0.15) is 5.10 Å². The molecule has 0 aliphatic heterocycles. The second-order valence-corrected chi connectivity index (χ2v) is 7.25. The molecular formula is C20H23ClN4O. The summed E-state index contributed by atoms with van der Waals surface area (Å²) in [5.41, 5.74) is 2.98. The van der Waals surface area contributed by atoms with E-state index in [0.29, 0.717) is 16.6 Å². The molecular weight excluding hydrogens is 348 g/mol. The highest BCUT2D eigenvalue weighted by Gasteiger charge is 2.20. The molecule has 1 amide bonds. The number of hydrogen-bond donors (Lipinski definition) is 1. The Morgan fingerprint density at radius 2 is 1.85 bits per heavy atom. The van der Waals surface area contributed by atoms with Crippen LogP contribution in [-0.2, 0) is 7.05 Å². The van der Waals surface area contributed by atoms with Crippen LogP contribution in [0.25, 0.3) is 17.1 Å². The van der Waals surface area contributed by atoms with Crippen molar-refractivity contribution in [1.29, 1.82) is 0 Å². The van der Waals surface area contributed by atoms with Gasteiger partial charge in [-0.3, -0.25) is 4.79 Å². The van der Waals surface area contributed by atoms with Crippen molar-refractivity contribution in [3.8, 4) is 17.1 Å². The second kappa shape index (κ2) is 7.38. The summed E-state index contributed by atoms with van der Waals surface area (Å²) in [5, 5.41) is 8.38. The van der Waals surface area contributed by atoms with Gasteiger partial charge in [0, 0.05) is 24.3 Å². The topological polar surface area (TPSA) is 51.9 Å². The normalized spacial score (nSPS) is 12.4. The Morgan fingerprint density at radius 3 is 2.42 bits per heavy atom. The van der Waals surface area contributed by atoms with Crippen LogP contribution in [0.1, 0.15) is 31.3 Å². The molecule has 2 aromatic heterocycles. The van der Waals surface area contributed by atoms with Gasteiger partial charge < -0.3 is 9.88 Å². The minimum atomic E-state index is -0.144. The predicted octanol–water partition coefficient (Wildman–Crippen LogP) is 4.31. The summed E-state index contributed by atoms with van der Waals surface area (Å²) in [6.45, 7) is 6.16. The SMILES string of the molecule is CC(C)C(C)NC(=O)c1cc(-c2cccn2C)nn1-c1ccc(Cl)cc1. The van der Waals surface area contributed by atoms with Crippen LogP contribution < -0.4 is 5.32 Å². The maximum atomic E-state index is 12.9. The van der Waals surface area contributed by atoms with Crippen LogP contribution in [0.3, 0.4) is 0 Å². The Labute approximate surface area is 158 Å². The molecule has 1 unspecified atom stereocenters. The molecule has 0 radical (unpaired) electrons. The monoisotopic (exact) mass is 370 g/mol. The Morgan fingerprint density at radius 1 is 1.15 bits per heavy atom. The lowest BCUT2D eigenvalue weighted by Crippen LogP contribution is -2.37. The number of carbonyl (C=O) groups excluding carboxylic acids is 1. The minimum absolute atomic E-state index is 0.0644. The average Bonchev–Trinajstić information content (AvgIpc) is 3.21. The minimum Gasteiger partial charge on any atom is -0.349 e. The van der Waals surface area contributed by atoms with E-state index in [-0.39, 0.29) is 11.9 Å². The van der Waals surface area contributed by atoms with E-state index >= 15 is 0 Å². The molecule has 1 aromatic carbocycles. The summed E-state index contributed by atoms with van der Waals surface area (Å²) in [7, 11) is 1.96. The van der Waals surface area contributed by atoms with Crippen LogP contribution in [0.4, 0.5) is 0 Å². The molecule has 6 heteroatoms. The first-order chi connectivity index (χ1) is 12.4. The van der Waals surface area contributed by atoms with Crippen LogP contribution in [-0.4, -0.2) is 26.3 Å². The maximum absolute atomic E-state index is 12.9. The van der Waals surface area contributed by atoms with Gasteiger partial charge in [0.2, 0.25) is 0 Å².